The van der Waals surface area contributed by atoms with Gasteiger partial charge >= 0.3 is 0 Å². The summed E-state index contributed by atoms with van der Waals surface area (Å²) >= 11 is 0. The number of nitrogens with one attached hydrogen (secondary N) is 2. The van der Waals surface area contributed by atoms with Gasteiger partial charge in [0, 0.05) is 37.7 Å². The number of rotatable bonds is 6. The average molecular weight is 416 g/mol. The molecule has 3 aromatic rings. The van der Waals surface area contributed by atoms with Crippen molar-refractivity contribution in [3.63, 3.8) is 0 Å². The molecule has 0 spiro atoms. The van der Waals surface area contributed by atoms with Crippen LogP contribution in [0.1, 0.15) is 5.69 Å². The first-order chi connectivity index (χ1) is 14.9. The number of nitrogens with zero attached hydrogens (tertiary/aromatic N) is 3. The molecule has 8 nitrogen and oxygen atoms in total. The highest BCUT2D eigenvalue weighted by Crippen LogP contribution is 2.20. The second-order valence-corrected chi connectivity index (χ2v) is 6.70. The third-order valence-corrected chi connectivity index (χ3v) is 4.16. The van der Waals surface area contributed by atoms with Gasteiger partial charge in [0.1, 0.15) is 11.4 Å². The molecule has 0 saturated heterocycles. The summed E-state index contributed by atoms with van der Waals surface area (Å²) < 4.78 is 5.95. The van der Waals surface area contributed by atoms with Crippen LogP contribution in [0, 0.1) is 0 Å². The monoisotopic (exact) mass is 416 g/mol. The molecule has 158 valence electrons. The van der Waals surface area contributed by atoms with Gasteiger partial charge in [-0.25, -0.2) is 4.99 Å². The molecule has 0 radical (unpaired) electrons. The molecule has 0 bridgehead atoms. The maximum atomic E-state index is 11.5. The van der Waals surface area contributed by atoms with E-state index in [4.69, 9.17) is 10.5 Å². The van der Waals surface area contributed by atoms with Crippen molar-refractivity contribution in [2.75, 3.05) is 24.3 Å². The van der Waals surface area contributed by atoms with Crippen molar-refractivity contribution in [2.24, 2.45) is 15.7 Å². The molecule has 1 heterocycles. The van der Waals surface area contributed by atoms with Gasteiger partial charge in [-0.15, -0.1) is 0 Å². The number of ether oxygens (including phenoxy) is 1. The number of aliphatic imine (C=N–C) groups is 2. The number of hydrogen-bond donors (Lipinski definition) is 3. The minimum absolute atomic E-state index is 0.0401. The van der Waals surface area contributed by atoms with Gasteiger partial charge in [0.05, 0.1) is 5.69 Å². The smallest absolute Gasteiger partial charge is 0.247 e. The normalized spacial score (nSPS) is 11.7. The maximum Gasteiger partial charge on any atom is 0.247 e. The summed E-state index contributed by atoms with van der Waals surface area (Å²) in [5.74, 6) is 0.437. The third kappa shape index (κ3) is 6.07. The number of benzene rings is 2. The Balaban J connectivity index is 1.86. The summed E-state index contributed by atoms with van der Waals surface area (Å²) in [5, 5.41) is 2.69. The van der Waals surface area contributed by atoms with Crippen molar-refractivity contribution < 1.29 is 9.53 Å². The average Bonchev–Trinajstić information content (AvgIpc) is 3.29. The maximum absolute atomic E-state index is 11.5. The molecule has 0 fully saturated rings. The van der Waals surface area contributed by atoms with E-state index in [1.807, 2.05) is 49.3 Å². The second-order valence-electron chi connectivity index (χ2n) is 6.70. The number of guanidine groups is 1. The van der Waals surface area contributed by atoms with Crippen LogP contribution in [0.15, 0.2) is 89.5 Å². The van der Waals surface area contributed by atoms with E-state index in [9.17, 15) is 4.79 Å². The van der Waals surface area contributed by atoms with Gasteiger partial charge < -0.3 is 25.7 Å². The Labute approximate surface area is 180 Å². The van der Waals surface area contributed by atoms with Crippen molar-refractivity contribution in [3.8, 4) is 5.75 Å². The highest BCUT2D eigenvalue weighted by molar-refractivity contribution is 6.02. The van der Waals surface area contributed by atoms with Crippen molar-refractivity contribution in [1.82, 2.24) is 4.98 Å². The first-order valence-electron chi connectivity index (χ1n) is 9.50. The predicted molar refractivity (Wildman–Crippen MR) is 125 cm³/mol. The molecule has 2 aromatic carbocycles. The third-order valence-electron chi connectivity index (χ3n) is 4.16. The van der Waals surface area contributed by atoms with E-state index in [2.05, 4.69) is 26.9 Å². The summed E-state index contributed by atoms with van der Waals surface area (Å²) in [5.41, 5.74) is 8.99. The van der Waals surface area contributed by atoms with Crippen LogP contribution in [0.2, 0.25) is 0 Å². The Morgan fingerprint density at radius 1 is 1.16 bits per heavy atom. The van der Waals surface area contributed by atoms with Crippen LogP contribution >= 0.6 is 0 Å². The van der Waals surface area contributed by atoms with Crippen LogP contribution < -0.4 is 20.7 Å². The lowest BCUT2D eigenvalue weighted by Crippen LogP contribution is -2.18. The first kappa shape index (κ1) is 21.4. The molecule has 0 aliphatic heterocycles. The van der Waals surface area contributed by atoms with Crippen LogP contribution in [0.4, 0.5) is 17.1 Å². The van der Waals surface area contributed by atoms with Crippen molar-refractivity contribution in [3.05, 3.63) is 85.2 Å². The number of hydrogen-bond acceptors (Lipinski definition) is 4. The number of H-pyrrole nitrogens is 1. The fraction of sp³-hybridized carbons (Fsp3) is 0.0870. The highest BCUT2D eigenvalue weighted by atomic mass is 16.5. The fourth-order valence-corrected chi connectivity index (χ4v) is 2.63. The molecule has 3 rings (SSSR count). The number of carbonyl (C=O) groups is 1. The van der Waals surface area contributed by atoms with Gasteiger partial charge in [0.15, 0.2) is 0 Å². The van der Waals surface area contributed by atoms with Crippen LogP contribution in [-0.4, -0.2) is 36.8 Å². The lowest BCUT2D eigenvalue weighted by molar-refractivity contribution is -0.111. The van der Waals surface area contributed by atoms with Crippen LogP contribution in [-0.2, 0) is 4.79 Å². The number of aromatic nitrogens is 1. The van der Waals surface area contributed by atoms with E-state index in [0.717, 1.165) is 5.69 Å². The van der Waals surface area contributed by atoms with E-state index in [-0.39, 0.29) is 17.8 Å². The van der Waals surface area contributed by atoms with Crippen LogP contribution in [0.5, 0.6) is 5.75 Å². The summed E-state index contributed by atoms with van der Waals surface area (Å²) in [6.07, 6.45) is 2.95. The number of aromatic amines is 1. The van der Waals surface area contributed by atoms with Crippen molar-refractivity contribution >= 4 is 34.8 Å². The fourth-order valence-electron chi connectivity index (χ4n) is 2.63. The van der Waals surface area contributed by atoms with Gasteiger partial charge in [0.2, 0.25) is 17.8 Å². The number of nitrogens with two attached hydrogens (primary N) is 1. The molecule has 0 unspecified atom stereocenters. The summed E-state index contributed by atoms with van der Waals surface area (Å²) in [6, 6.07) is 18.2. The Bertz CT molecular complexity index is 1100. The van der Waals surface area contributed by atoms with Gasteiger partial charge in [-0.05, 0) is 54.6 Å². The molecule has 0 aliphatic rings. The molecule has 8 heteroatoms. The standard InChI is InChI=1S/C23H24N6O2/c1-4-21(30)26-17-7-5-8-19(15-17)31-22(20-9-6-14-25-20)28-23(24)27-16-10-12-18(13-11-16)29(2)3/h4-15,25H,1H2,2-3H3,(H2,24,27)(H,26,30)/b28-22+. The SMILES string of the molecule is C=CC(=O)Nc1cccc(O/C(=N/C(N)=Nc2ccc(N(C)C)cc2)c2ccc[nH]2)c1. The Kier molecular flexibility index (Phi) is 6.85. The number of anilines is 2. The zero-order valence-electron chi connectivity index (χ0n) is 17.4. The second kappa shape index (κ2) is 9.93. The summed E-state index contributed by atoms with van der Waals surface area (Å²) in [4.78, 5) is 25.3. The highest BCUT2D eigenvalue weighted by Gasteiger charge is 2.10. The molecular weight excluding hydrogens is 392 g/mol. The summed E-state index contributed by atoms with van der Waals surface area (Å²) in [7, 11) is 3.93. The van der Waals surface area contributed by atoms with Gasteiger partial charge in [-0.3, -0.25) is 4.79 Å². The number of carbonyl (C=O) groups excluding carboxylic acids is 1. The van der Waals surface area contributed by atoms with E-state index in [0.29, 0.717) is 22.8 Å². The minimum atomic E-state index is -0.313. The molecule has 0 aliphatic carbocycles. The lowest BCUT2D eigenvalue weighted by atomic mass is 10.3. The Morgan fingerprint density at radius 3 is 2.58 bits per heavy atom. The van der Waals surface area contributed by atoms with Crippen LogP contribution in [0.25, 0.3) is 0 Å². The predicted octanol–water partition coefficient (Wildman–Crippen LogP) is 3.68. The molecule has 1 aromatic heterocycles. The lowest BCUT2D eigenvalue weighted by Gasteiger charge is -2.11. The van der Waals surface area contributed by atoms with Gasteiger partial charge in [0.25, 0.3) is 0 Å². The molecule has 0 saturated carbocycles. The van der Waals surface area contributed by atoms with E-state index in [1.165, 1.54) is 6.08 Å². The zero-order valence-corrected chi connectivity index (χ0v) is 17.4. The zero-order chi connectivity index (χ0) is 22.2. The first-order valence-corrected chi connectivity index (χ1v) is 9.50. The molecular formula is C23H24N6O2. The summed E-state index contributed by atoms with van der Waals surface area (Å²) in [6.45, 7) is 3.45. The van der Waals surface area contributed by atoms with Gasteiger partial charge in [-0.2, -0.15) is 4.99 Å². The van der Waals surface area contributed by atoms with E-state index in [1.54, 1.807) is 36.5 Å². The quantitative estimate of drug-likeness (QED) is 0.324. The topological polar surface area (TPSA) is 108 Å². The van der Waals surface area contributed by atoms with Crippen molar-refractivity contribution in [2.45, 2.75) is 0 Å². The Morgan fingerprint density at radius 2 is 1.94 bits per heavy atom. The van der Waals surface area contributed by atoms with E-state index < -0.39 is 0 Å². The van der Waals surface area contributed by atoms with Crippen molar-refractivity contribution in [1.29, 1.82) is 0 Å². The molecule has 0 atom stereocenters. The largest absolute Gasteiger partial charge is 0.437 e. The van der Waals surface area contributed by atoms with E-state index >= 15 is 0 Å². The molecule has 31 heavy (non-hydrogen) atoms. The van der Waals surface area contributed by atoms with Crippen LogP contribution in [0.3, 0.4) is 0 Å². The number of amides is 1. The molecule has 1 amide bonds. The minimum Gasteiger partial charge on any atom is -0.437 e. The van der Waals surface area contributed by atoms with Gasteiger partial charge in [-0.1, -0.05) is 12.6 Å². The Hall–Kier alpha value is -4.33. The molecule has 4 N–H and O–H groups in total.